The fourth-order valence-corrected chi connectivity index (χ4v) is 5.24. The molecule has 4 aromatic rings. The molecule has 1 aliphatic rings. The second kappa shape index (κ2) is 8.67. The van der Waals surface area contributed by atoms with E-state index >= 15 is 0 Å². The Morgan fingerprint density at radius 1 is 1.18 bits per heavy atom. The lowest BCUT2D eigenvalue weighted by Crippen LogP contribution is -2.41. The molecule has 1 unspecified atom stereocenters. The van der Waals surface area contributed by atoms with Crippen LogP contribution in [0.2, 0.25) is 0 Å². The van der Waals surface area contributed by atoms with E-state index in [-0.39, 0.29) is 17.7 Å². The van der Waals surface area contributed by atoms with Gasteiger partial charge in [-0.15, -0.1) is 11.3 Å². The maximum Gasteiger partial charge on any atom is 0.265 e. The molecule has 168 valence electrons. The van der Waals surface area contributed by atoms with Crippen LogP contribution in [0, 0.1) is 12.8 Å². The molecule has 0 radical (unpaired) electrons. The summed E-state index contributed by atoms with van der Waals surface area (Å²) in [5.41, 5.74) is 7.93. The summed E-state index contributed by atoms with van der Waals surface area (Å²) < 4.78 is 1.88. The van der Waals surface area contributed by atoms with Crippen LogP contribution in [0.4, 0.5) is 11.5 Å². The highest BCUT2D eigenvalue weighted by Crippen LogP contribution is 2.31. The number of primary amides is 1. The van der Waals surface area contributed by atoms with E-state index in [0.29, 0.717) is 17.1 Å². The van der Waals surface area contributed by atoms with E-state index in [0.717, 1.165) is 46.8 Å². The molecule has 3 N–H and O–H groups in total. The number of aryl methyl sites for hydroxylation is 1. The fraction of sp³-hybridized carbons (Fsp3) is 0.250. The maximum absolute atomic E-state index is 12.9. The van der Waals surface area contributed by atoms with Crippen molar-refractivity contribution in [1.29, 1.82) is 0 Å². The Bertz CT molecular complexity index is 1310. The van der Waals surface area contributed by atoms with Gasteiger partial charge in [0.05, 0.1) is 34.1 Å². The number of piperidine rings is 1. The van der Waals surface area contributed by atoms with Crippen molar-refractivity contribution < 1.29 is 9.59 Å². The number of carbonyl (C=O) groups is 2. The molecule has 0 bridgehead atoms. The Hall–Kier alpha value is -3.72. The monoisotopic (exact) mass is 460 g/mol. The van der Waals surface area contributed by atoms with Crippen LogP contribution < -0.4 is 16.0 Å². The first-order valence-electron chi connectivity index (χ1n) is 10.9. The van der Waals surface area contributed by atoms with Gasteiger partial charge in [0, 0.05) is 18.5 Å². The number of nitrogens with zero attached hydrogens (tertiary/aromatic N) is 4. The van der Waals surface area contributed by atoms with Crippen molar-refractivity contribution >= 4 is 44.9 Å². The minimum absolute atomic E-state index is 0.150. The van der Waals surface area contributed by atoms with Crippen LogP contribution in [0.15, 0.2) is 54.7 Å². The number of hydrogen-bond acceptors (Lipinski definition) is 6. The Kier molecular flexibility index (Phi) is 5.55. The molecular formula is C24H24N6O2S. The molecule has 0 spiro atoms. The number of hydrogen-bond donors (Lipinski definition) is 2. The quantitative estimate of drug-likeness (QED) is 0.472. The van der Waals surface area contributed by atoms with Gasteiger partial charge < -0.3 is 16.0 Å². The summed E-state index contributed by atoms with van der Waals surface area (Å²) in [7, 11) is 0. The van der Waals surface area contributed by atoms with Gasteiger partial charge in [0.25, 0.3) is 5.91 Å². The van der Waals surface area contributed by atoms with Crippen LogP contribution in [-0.2, 0) is 4.79 Å². The van der Waals surface area contributed by atoms with Crippen molar-refractivity contribution in [3.05, 3.63) is 65.3 Å². The third-order valence-corrected chi connectivity index (χ3v) is 7.03. The van der Waals surface area contributed by atoms with Crippen LogP contribution in [0.1, 0.15) is 28.2 Å². The summed E-state index contributed by atoms with van der Waals surface area (Å²) in [6.45, 7) is 3.36. The van der Waals surface area contributed by atoms with E-state index in [1.807, 2.05) is 60.1 Å². The van der Waals surface area contributed by atoms with Crippen molar-refractivity contribution in [1.82, 2.24) is 14.8 Å². The lowest BCUT2D eigenvalue weighted by atomic mass is 9.97. The number of nitrogens with two attached hydrogens (primary N) is 1. The van der Waals surface area contributed by atoms with Gasteiger partial charge in [-0.25, -0.2) is 9.67 Å². The number of aromatic nitrogens is 3. The molecule has 5 rings (SSSR count). The highest BCUT2D eigenvalue weighted by molar-refractivity contribution is 7.20. The van der Waals surface area contributed by atoms with Gasteiger partial charge in [0.1, 0.15) is 10.6 Å². The van der Waals surface area contributed by atoms with Crippen molar-refractivity contribution in [2.75, 3.05) is 23.3 Å². The highest BCUT2D eigenvalue weighted by Gasteiger charge is 2.25. The number of pyridine rings is 1. The fourth-order valence-electron chi connectivity index (χ4n) is 4.16. The molecule has 4 heterocycles. The van der Waals surface area contributed by atoms with E-state index < -0.39 is 0 Å². The SMILES string of the molecule is Cc1nn(-c2ccccc2)c2sc(C(=O)Nc3ccc(N4CCCC(C(N)=O)C4)nc3)cc12. The number of benzene rings is 1. The molecule has 1 atom stereocenters. The van der Waals surface area contributed by atoms with E-state index in [4.69, 9.17) is 5.73 Å². The predicted octanol–water partition coefficient (Wildman–Crippen LogP) is 3.74. The second-order valence-electron chi connectivity index (χ2n) is 8.21. The summed E-state index contributed by atoms with van der Waals surface area (Å²) in [6, 6.07) is 15.5. The number of carbonyl (C=O) groups excluding carboxylic acids is 2. The van der Waals surface area contributed by atoms with Gasteiger partial charge in [-0.3, -0.25) is 9.59 Å². The lowest BCUT2D eigenvalue weighted by molar-refractivity contribution is -0.122. The number of anilines is 2. The Morgan fingerprint density at radius 3 is 2.73 bits per heavy atom. The summed E-state index contributed by atoms with van der Waals surface area (Å²) in [6.07, 6.45) is 3.36. The average molecular weight is 461 g/mol. The van der Waals surface area contributed by atoms with Crippen molar-refractivity contribution in [2.24, 2.45) is 11.7 Å². The second-order valence-corrected chi connectivity index (χ2v) is 9.24. The van der Waals surface area contributed by atoms with E-state index in [1.165, 1.54) is 11.3 Å². The summed E-state index contributed by atoms with van der Waals surface area (Å²) in [4.78, 5) is 32.6. The number of nitrogens with one attached hydrogen (secondary N) is 1. The summed E-state index contributed by atoms with van der Waals surface area (Å²) >= 11 is 1.41. The number of thiophene rings is 1. The van der Waals surface area contributed by atoms with Crippen LogP contribution in [0.5, 0.6) is 0 Å². The molecule has 0 aliphatic carbocycles. The zero-order valence-corrected chi connectivity index (χ0v) is 19.0. The van der Waals surface area contributed by atoms with Gasteiger partial charge in [0.2, 0.25) is 5.91 Å². The number of amides is 2. The van der Waals surface area contributed by atoms with E-state index in [9.17, 15) is 9.59 Å². The molecule has 2 amide bonds. The van der Waals surface area contributed by atoms with E-state index in [2.05, 4.69) is 20.3 Å². The zero-order valence-electron chi connectivity index (χ0n) is 18.2. The van der Waals surface area contributed by atoms with Gasteiger partial charge in [-0.1, -0.05) is 18.2 Å². The van der Waals surface area contributed by atoms with Crippen LogP contribution in [0.25, 0.3) is 15.9 Å². The Balaban J connectivity index is 1.32. The Morgan fingerprint density at radius 2 is 2.00 bits per heavy atom. The Labute approximate surface area is 195 Å². The molecule has 1 fully saturated rings. The van der Waals surface area contributed by atoms with Gasteiger partial charge in [0.15, 0.2) is 0 Å². The third-order valence-electron chi connectivity index (χ3n) is 5.92. The van der Waals surface area contributed by atoms with Crippen molar-refractivity contribution in [3.8, 4) is 5.69 Å². The number of fused-ring (bicyclic) bond motifs is 1. The predicted molar refractivity (Wildman–Crippen MR) is 130 cm³/mol. The van der Waals surface area contributed by atoms with Gasteiger partial charge >= 0.3 is 0 Å². The highest BCUT2D eigenvalue weighted by atomic mass is 32.1. The van der Waals surface area contributed by atoms with Gasteiger partial charge in [-0.2, -0.15) is 5.10 Å². The minimum atomic E-state index is -0.266. The maximum atomic E-state index is 12.9. The van der Waals surface area contributed by atoms with E-state index in [1.54, 1.807) is 6.20 Å². The molecular weight excluding hydrogens is 436 g/mol. The van der Waals surface area contributed by atoms with Crippen LogP contribution >= 0.6 is 11.3 Å². The zero-order chi connectivity index (χ0) is 22.9. The topological polar surface area (TPSA) is 106 Å². The molecule has 0 saturated carbocycles. The molecule has 33 heavy (non-hydrogen) atoms. The van der Waals surface area contributed by atoms with Crippen molar-refractivity contribution in [2.45, 2.75) is 19.8 Å². The van der Waals surface area contributed by atoms with Crippen LogP contribution in [0.3, 0.4) is 0 Å². The lowest BCUT2D eigenvalue weighted by Gasteiger charge is -2.32. The third kappa shape index (κ3) is 4.19. The largest absolute Gasteiger partial charge is 0.369 e. The molecule has 8 nitrogen and oxygen atoms in total. The number of rotatable bonds is 5. The van der Waals surface area contributed by atoms with Gasteiger partial charge in [-0.05, 0) is 50.1 Å². The van der Waals surface area contributed by atoms with Crippen molar-refractivity contribution in [3.63, 3.8) is 0 Å². The number of para-hydroxylation sites is 1. The molecule has 1 aliphatic heterocycles. The molecule has 1 saturated heterocycles. The smallest absolute Gasteiger partial charge is 0.265 e. The molecule has 9 heteroatoms. The first-order chi connectivity index (χ1) is 16.0. The molecule has 3 aromatic heterocycles. The normalized spacial score (nSPS) is 16.2. The standard InChI is InChI=1S/C24H24N6O2S/c1-15-19-12-20(33-24(19)30(28-15)18-7-3-2-4-8-18)23(32)27-17-9-10-21(26-13-17)29-11-5-6-16(14-29)22(25)31/h2-4,7-10,12-13,16H,5-6,11,14H2,1H3,(H2,25,31)(H,27,32). The summed E-state index contributed by atoms with van der Waals surface area (Å²) in [5.74, 6) is 0.177. The van der Waals surface area contributed by atoms with Crippen LogP contribution in [-0.4, -0.2) is 39.7 Å². The summed E-state index contributed by atoms with van der Waals surface area (Å²) in [5, 5.41) is 8.53. The molecule has 1 aromatic carbocycles. The minimum Gasteiger partial charge on any atom is -0.369 e. The first-order valence-corrected chi connectivity index (χ1v) is 11.7. The average Bonchev–Trinajstić information content (AvgIpc) is 3.41. The first kappa shape index (κ1) is 21.1.